The minimum atomic E-state index is 0. The molecule has 0 N–H and O–H groups in total. The van der Waals surface area contributed by atoms with E-state index in [-0.39, 0.29) is 30.2 Å². The Morgan fingerprint density at radius 1 is 0.500 bits per heavy atom. The maximum atomic E-state index is 2.34. The molecule has 0 saturated heterocycles. The van der Waals surface area contributed by atoms with E-state index in [9.17, 15) is 0 Å². The van der Waals surface area contributed by atoms with Gasteiger partial charge in [-0.1, -0.05) is 125 Å². The SMILES string of the molecule is C[Si](C)=[Zr+2].Cc1[cH-]c2c(C)ccc(CCc3ccccc3)c2c1C.Cc1[cH-]c2c(C)ccc(CCc3ccccc3)c2c1C.[Cl-].[Cl-]. The third kappa shape index (κ3) is 10.4. The average molecular weight is 743 g/mol. The van der Waals surface area contributed by atoms with Crippen LogP contribution in [0.5, 0.6) is 0 Å². The molecule has 240 valence electrons. The van der Waals surface area contributed by atoms with Crippen molar-refractivity contribution < 1.29 is 48.1 Å². The topological polar surface area (TPSA) is 0 Å². The predicted octanol–water partition coefficient (Wildman–Crippen LogP) is 5.33. The Morgan fingerprint density at radius 3 is 1.15 bits per heavy atom. The van der Waals surface area contributed by atoms with E-state index < -0.39 is 0 Å². The van der Waals surface area contributed by atoms with Gasteiger partial charge < -0.3 is 24.8 Å². The molecule has 0 fully saturated rings. The molecule has 0 aliphatic heterocycles. The van der Waals surface area contributed by atoms with Crippen LogP contribution in [0.1, 0.15) is 55.6 Å². The number of benzene rings is 4. The first-order valence-corrected chi connectivity index (χ1v) is 22.1. The Morgan fingerprint density at radius 2 is 0.826 bits per heavy atom. The summed E-state index contributed by atoms with van der Waals surface area (Å²) in [4.78, 5) is 0. The summed E-state index contributed by atoms with van der Waals surface area (Å²) in [5, 5.41) is 5.84. The molecular formula is C42H48Cl2SiZr-2. The smallest absolute Gasteiger partial charge is 0.0246 e. The Bertz CT molecular complexity index is 1710. The first kappa shape index (κ1) is 40.0. The van der Waals surface area contributed by atoms with E-state index in [0.717, 1.165) is 25.7 Å². The number of hydrogen-bond acceptors (Lipinski definition) is 0. The van der Waals surface area contributed by atoms with Crippen molar-refractivity contribution in [3.05, 3.63) is 153 Å². The summed E-state index contributed by atoms with van der Waals surface area (Å²) in [7, 11) is 0. The summed E-state index contributed by atoms with van der Waals surface area (Å²) in [5.74, 6) is 0. The van der Waals surface area contributed by atoms with E-state index >= 15 is 0 Å². The van der Waals surface area contributed by atoms with Crippen LogP contribution in [0.15, 0.2) is 97.1 Å². The van der Waals surface area contributed by atoms with Crippen molar-refractivity contribution >= 4 is 27.0 Å². The molecule has 0 spiro atoms. The fourth-order valence-electron chi connectivity index (χ4n) is 6.10. The van der Waals surface area contributed by atoms with Crippen molar-refractivity contribution in [2.24, 2.45) is 0 Å². The summed E-state index contributed by atoms with van der Waals surface area (Å²) in [6.07, 6.45) is 4.46. The second-order valence-corrected chi connectivity index (χ2v) is 21.9. The molecule has 46 heavy (non-hydrogen) atoms. The van der Waals surface area contributed by atoms with Crippen LogP contribution in [-0.4, -0.2) is 5.43 Å². The van der Waals surface area contributed by atoms with Gasteiger partial charge in [-0.2, -0.15) is 11.1 Å². The maximum Gasteiger partial charge on any atom is -0.0246 e. The van der Waals surface area contributed by atoms with Gasteiger partial charge in [-0.3, -0.25) is 0 Å². The van der Waals surface area contributed by atoms with E-state index in [1.807, 2.05) is 0 Å². The molecule has 0 aliphatic carbocycles. The van der Waals surface area contributed by atoms with Crippen molar-refractivity contribution in [1.82, 2.24) is 0 Å². The fourth-order valence-corrected chi connectivity index (χ4v) is 6.10. The molecule has 0 bridgehead atoms. The molecular weight excluding hydrogens is 695 g/mol. The van der Waals surface area contributed by atoms with Crippen LogP contribution in [0.3, 0.4) is 0 Å². The Hall–Kier alpha value is -2.22. The van der Waals surface area contributed by atoms with E-state index in [4.69, 9.17) is 0 Å². The zero-order valence-corrected chi connectivity index (χ0v) is 33.8. The Balaban J connectivity index is 0.000000276. The molecule has 4 heteroatoms. The van der Waals surface area contributed by atoms with E-state index in [1.165, 1.54) is 77.2 Å². The van der Waals surface area contributed by atoms with Crippen molar-refractivity contribution in [2.45, 2.75) is 80.3 Å². The molecule has 0 amide bonds. The van der Waals surface area contributed by atoms with Gasteiger partial charge in [0.25, 0.3) is 0 Å². The third-order valence-electron chi connectivity index (χ3n) is 8.81. The Labute approximate surface area is 306 Å². The van der Waals surface area contributed by atoms with Gasteiger partial charge >= 0.3 is 41.9 Å². The standard InChI is InChI=1S/2C20H21.C2H6Si.2ClH.Zr/c2*1-14-9-11-18(12-10-17-7-5-4-6-8-17)20-16(3)15(2)13-19(14)20;1-3-2;;;/h2*4-9,11,13H,10,12H2,1-3H3;1-2H3;2*1H;/q2*-1;;;;+2/p-2. The van der Waals surface area contributed by atoms with Crippen molar-refractivity contribution in [1.29, 1.82) is 0 Å². The van der Waals surface area contributed by atoms with E-state index in [2.05, 4.69) is 152 Å². The minimum absolute atomic E-state index is 0. The average Bonchev–Trinajstić information content (AvgIpc) is 3.49. The summed E-state index contributed by atoms with van der Waals surface area (Å²) in [6, 6.07) is 35.4. The van der Waals surface area contributed by atoms with Gasteiger partial charge in [0, 0.05) is 0 Å². The third-order valence-corrected chi connectivity index (χ3v) is 8.81. The number of hydrogen-bond donors (Lipinski definition) is 0. The fraction of sp³-hybridized carbons (Fsp3) is 0.286. The molecule has 0 heterocycles. The van der Waals surface area contributed by atoms with Crippen LogP contribution in [-0.2, 0) is 49.0 Å². The number of rotatable bonds is 6. The van der Waals surface area contributed by atoms with Gasteiger partial charge in [0.15, 0.2) is 0 Å². The maximum absolute atomic E-state index is 2.34. The normalized spacial score (nSPS) is 10.3. The Kier molecular flexibility index (Phi) is 16.5. The van der Waals surface area contributed by atoms with Crippen LogP contribution >= 0.6 is 0 Å². The van der Waals surface area contributed by atoms with Gasteiger partial charge in [0.1, 0.15) is 0 Å². The molecule has 6 aromatic rings. The van der Waals surface area contributed by atoms with Gasteiger partial charge in [-0.25, -0.2) is 0 Å². The van der Waals surface area contributed by atoms with Gasteiger partial charge in [0.2, 0.25) is 0 Å². The van der Waals surface area contributed by atoms with Crippen LogP contribution in [0, 0.1) is 41.5 Å². The number of aryl methyl sites for hydroxylation is 10. The van der Waals surface area contributed by atoms with Crippen molar-refractivity contribution in [3.63, 3.8) is 0 Å². The molecule has 0 radical (unpaired) electrons. The summed E-state index contributed by atoms with van der Waals surface area (Å²) in [5.41, 5.74) is 14.5. The quantitative estimate of drug-likeness (QED) is 0.160. The van der Waals surface area contributed by atoms with Gasteiger partial charge in [0.05, 0.1) is 0 Å². The molecule has 0 unspecified atom stereocenters. The zero-order chi connectivity index (χ0) is 31.8. The van der Waals surface area contributed by atoms with Crippen molar-refractivity contribution in [2.75, 3.05) is 0 Å². The second-order valence-electron chi connectivity index (χ2n) is 12.5. The van der Waals surface area contributed by atoms with Crippen LogP contribution in [0.4, 0.5) is 0 Å². The molecule has 0 aliphatic rings. The molecule has 0 aromatic heterocycles. The monoisotopic (exact) mass is 740 g/mol. The first-order chi connectivity index (χ1) is 21.1. The molecule has 6 rings (SSSR count). The number of fused-ring (bicyclic) bond motifs is 2. The van der Waals surface area contributed by atoms with Crippen molar-refractivity contribution in [3.8, 4) is 0 Å². The van der Waals surface area contributed by atoms with Crippen LogP contribution in [0.25, 0.3) is 21.5 Å². The zero-order valence-electron chi connectivity index (χ0n) is 28.8. The van der Waals surface area contributed by atoms with Crippen LogP contribution < -0.4 is 24.8 Å². The van der Waals surface area contributed by atoms with E-state index in [0.29, 0.717) is 0 Å². The predicted molar refractivity (Wildman–Crippen MR) is 193 cm³/mol. The summed E-state index contributed by atoms with van der Waals surface area (Å²) < 4.78 is 0. The van der Waals surface area contributed by atoms with Crippen LogP contribution in [0.2, 0.25) is 13.1 Å². The molecule has 0 saturated carbocycles. The van der Waals surface area contributed by atoms with Gasteiger partial charge in [-0.15, -0.1) is 68.1 Å². The largest absolute Gasteiger partial charge is 1.00 e. The van der Waals surface area contributed by atoms with E-state index in [1.54, 1.807) is 23.3 Å². The van der Waals surface area contributed by atoms with Gasteiger partial charge in [-0.05, 0) is 36.8 Å². The second kappa shape index (κ2) is 18.9. The number of halogens is 2. The minimum Gasteiger partial charge on any atom is -1.00 e. The summed E-state index contributed by atoms with van der Waals surface area (Å²) in [6.45, 7) is 18.0. The molecule has 6 aromatic carbocycles. The first-order valence-electron chi connectivity index (χ1n) is 16.0. The molecule has 0 nitrogen and oxygen atoms in total. The summed E-state index contributed by atoms with van der Waals surface area (Å²) >= 11 is 1.74. The molecule has 0 atom stereocenters.